The second kappa shape index (κ2) is 8.22. The molecule has 0 aromatic heterocycles. The predicted molar refractivity (Wildman–Crippen MR) is 66.9 cm³/mol. The van der Waals surface area contributed by atoms with Gasteiger partial charge in [0.15, 0.2) is 5.78 Å². The van der Waals surface area contributed by atoms with E-state index in [1.54, 1.807) is 13.0 Å². The first-order chi connectivity index (χ1) is 7.06. The molecule has 0 radical (unpaired) electrons. The van der Waals surface area contributed by atoms with E-state index in [-0.39, 0.29) is 5.78 Å². The standard InChI is InChI=1S/C14H22O/c1-5-14(10-6-8-12(2)3)11-7-9-13(4)15/h7,9,11H,2,5-6,8,10H2,1,3-4H3. The summed E-state index contributed by atoms with van der Waals surface area (Å²) in [6, 6.07) is 0. The van der Waals surface area contributed by atoms with Gasteiger partial charge in [0.25, 0.3) is 0 Å². The van der Waals surface area contributed by atoms with Gasteiger partial charge in [-0.05, 0) is 45.6 Å². The van der Waals surface area contributed by atoms with Crippen LogP contribution in [0, 0.1) is 0 Å². The summed E-state index contributed by atoms with van der Waals surface area (Å²) in [5.41, 5.74) is 2.64. The number of ketones is 1. The highest BCUT2D eigenvalue weighted by atomic mass is 16.1. The van der Waals surface area contributed by atoms with E-state index in [0.29, 0.717) is 0 Å². The Kier molecular flexibility index (Phi) is 7.61. The first-order valence-electron chi connectivity index (χ1n) is 5.57. The summed E-state index contributed by atoms with van der Waals surface area (Å²) >= 11 is 0. The van der Waals surface area contributed by atoms with E-state index in [2.05, 4.69) is 26.5 Å². The number of rotatable bonds is 7. The van der Waals surface area contributed by atoms with Crippen LogP contribution in [0.5, 0.6) is 0 Å². The first-order valence-corrected chi connectivity index (χ1v) is 5.57. The maximum atomic E-state index is 10.7. The lowest BCUT2D eigenvalue weighted by Crippen LogP contribution is -1.84. The summed E-state index contributed by atoms with van der Waals surface area (Å²) in [6.07, 6.45) is 9.91. The first kappa shape index (κ1) is 13.9. The fourth-order valence-corrected chi connectivity index (χ4v) is 1.31. The zero-order valence-corrected chi connectivity index (χ0v) is 10.2. The molecule has 0 aromatic rings. The van der Waals surface area contributed by atoms with Crippen LogP contribution in [0.4, 0.5) is 0 Å². The Bertz CT molecular complexity index is 269. The SMILES string of the molecule is C=C(C)CCCC(=CC=CC(C)=O)CC. The highest BCUT2D eigenvalue weighted by Gasteiger charge is 1.94. The van der Waals surface area contributed by atoms with Crippen LogP contribution >= 0.6 is 0 Å². The summed E-state index contributed by atoms with van der Waals surface area (Å²) in [5, 5.41) is 0. The topological polar surface area (TPSA) is 17.1 Å². The number of hydrogen-bond donors (Lipinski definition) is 0. The second-order valence-electron chi connectivity index (χ2n) is 3.96. The lowest BCUT2D eigenvalue weighted by Gasteiger charge is -2.03. The zero-order valence-electron chi connectivity index (χ0n) is 10.2. The molecule has 0 spiro atoms. The molecule has 0 aliphatic heterocycles. The van der Waals surface area contributed by atoms with Crippen molar-refractivity contribution in [1.29, 1.82) is 0 Å². The van der Waals surface area contributed by atoms with Crippen molar-refractivity contribution in [2.45, 2.75) is 46.5 Å². The molecular weight excluding hydrogens is 184 g/mol. The number of hydrogen-bond acceptors (Lipinski definition) is 1. The van der Waals surface area contributed by atoms with Crippen molar-refractivity contribution < 1.29 is 4.79 Å². The molecule has 0 aliphatic carbocycles. The van der Waals surface area contributed by atoms with Gasteiger partial charge < -0.3 is 0 Å². The molecule has 0 rings (SSSR count). The average Bonchev–Trinajstić information content (AvgIpc) is 2.14. The second-order valence-corrected chi connectivity index (χ2v) is 3.96. The summed E-state index contributed by atoms with van der Waals surface area (Å²) in [7, 11) is 0. The lowest BCUT2D eigenvalue weighted by atomic mass is 10.0. The fourth-order valence-electron chi connectivity index (χ4n) is 1.31. The molecule has 0 bridgehead atoms. The monoisotopic (exact) mass is 206 g/mol. The molecule has 1 heteroatoms. The Morgan fingerprint density at radius 2 is 1.93 bits per heavy atom. The van der Waals surface area contributed by atoms with E-state index < -0.39 is 0 Å². The van der Waals surface area contributed by atoms with E-state index in [9.17, 15) is 4.79 Å². The quantitative estimate of drug-likeness (QED) is 0.346. The van der Waals surface area contributed by atoms with Crippen LogP contribution in [0.25, 0.3) is 0 Å². The van der Waals surface area contributed by atoms with Crippen LogP contribution in [0.1, 0.15) is 46.5 Å². The minimum Gasteiger partial charge on any atom is -0.295 e. The van der Waals surface area contributed by atoms with Gasteiger partial charge in [-0.3, -0.25) is 4.79 Å². The Morgan fingerprint density at radius 3 is 2.40 bits per heavy atom. The van der Waals surface area contributed by atoms with Crippen LogP contribution in [0.2, 0.25) is 0 Å². The van der Waals surface area contributed by atoms with Crippen LogP contribution in [0.3, 0.4) is 0 Å². The summed E-state index contributed by atoms with van der Waals surface area (Å²) in [5.74, 6) is 0.101. The molecule has 1 nitrogen and oxygen atoms in total. The molecule has 0 aromatic carbocycles. The third-order valence-electron chi connectivity index (χ3n) is 2.22. The Morgan fingerprint density at radius 1 is 1.27 bits per heavy atom. The Labute approximate surface area is 93.6 Å². The van der Waals surface area contributed by atoms with Crippen molar-refractivity contribution in [2.24, 2.45) is 0 Å². The third kappa shape index (κ3) is 9.20. The molecule has 0 heterocycles. The van der Waals surface area contributed by atoms with Gasteiger partial charge in [-0.15, -0.1) is 6.58 Å². The van der Waals surface area contributed by atoms with Crippen molar-refractivity contribution in [3.63, 3.8) is 0 Å². The van der Waals surface area contributed by atoms with Crippen molar-refractivity contribution in [2.75, 3.05) is 0 Å². The van der Waals surface area contributed by atoms with Gasteiger partial charge >= 0.3 is 0 Å². The number of carbonyl (C=O) groups excluding carboxylic acids is 1. The van der Waals surface area contributed by atoms with Crippen LogP contribution in [-0.4, -0.2) is 5.78 Å². The summed E-state index contributed by atoms with van der Waals surface area (Å²) in [6.45, 7) is 9.66. The summed E-state index contributed by atoms with van der Waals surface area (Å²) < 4.78 is 0. The van der Waals surface area contributed by atoms with Crippen molar-refractivity contribution in [3.05, 3.63) is 36.0 Å². The molecule has 0 N–H and O–H groups in total. The van der Waals surface area contributed by atoms with Crippen LogP contribution in [-0.2, 0) is 4.79 Å². The maximum Gasteiger partial charge on any atom is 0.152 e. The van der Waals surface area contributed by atoms with E-state index >= 15 is 0 Å². The van der Waals surface area contributed by atoms with E-state index in [0.717, 1.165) is 25.7 Å². The minimum atomic E-state index is 0.101. The Balaban J connectivity index is 4.01. The third-order valence-corrected chi connectivity index (χ3v) is 2.22. The van der Waals surface area contributed by atoms with Crippen LogP contribution < -0.4 is 0 Å². The zero-order chi connectivity index (χ0) is 11.7. The molecular formula is C14H22O. The normalized spacial score (nSPS) is 12.1. The highest BCUT2D eigenvalue weighted by Crippen LogP contribution is 2.13. The van der Waals surface area contributed by atoms with Gasteiger partial charge in [0.1, 0.15) is 0 Å². The van der Waals surface area contributed by atoms with Gasteiger partial charge in [-0.25, -0.2) is 0 Å². The van der Waals surface area contributed by atoms with Gasteiger partial charge in [0.2, 0.25) is 0 Å². The van der Waals surface area contributed by atoms with Crippen molar-refractivity contribution in [1.82, 2.24) is 0 Å². The smallest absolute Gasteiger partial charge is 0.152 e. The van der Waals surface area contributed by atoms with Crippen molar-refractivity contribution in [3.8, 4) is 0 Å². The number of carbonyl (C=O) groups is 1. The van der Waals surface area contributed by atoms with Gasteiger partial charge in [-0.2, -0.15) is 0 Å². The molecule has 0 atom stereocenters. The molecule has 0 unspecified atom stereocenters. The summed E-state index contributed by atoms with van der Waals surface area (Å²) in [4.78, 5) is 10.7. The molecule has 0 fully saturated rings. The minimum absolute atomic E-state index is 0.101. The highest BCUT2D eigenvalue weighted by molar-refractivity contribution is 5.87. The largest absolute Gasteiger partial charge is 0.295 e. The number of allylic oxidation sites excluding steroid dienone is 5. The molecule has 0 saturated carbocycles. The molecule has 0 saturated heterocycles. The van der Waals surface area contributed by atoms with E-state index in [1.807, 2.05) is 6.08 Å². The van der Waals surface area contributed by atoms with E-state index in [4.69, 9.17) is 0 Å². The molecule has 84 valence electrons. The van der Waals surface area contributed by atoms with Crippen molar-refractivity contribution >= 4 is 5.78 Å². The molecule has 0 aliphatic rings. The van der Waals surface area contributed by atoms with Crippen LogP contribution in [0.15, 0.2) is 36.0 Å². The maximum absolute atomic E-state index is 10.7. The molecule has 0 amide bonds. The molecule has 15 heavy (non-hydrogen) atoms. The van der Waals surface area contributed by atoms with Gasteiger partial charge in [0, 0.05) is 0 Å². The Hall–Kier alpha value is -1.11. The van der Waals surface area contributed by atoms with Gasteiger partial charge in [0.05, 0.1) is 0 Å². The van der Waals surface area contributed by atoms with Gasteiger partial charge in [-0.1, -0.05) is 30.2 Å². The fraction of sp³-hybridized carbons (Fsp3) is 0.500. The lowest BCUT2D eigenvalue weighted by molar-refractivity contribution is -0.112. The van der Waals surface area contributed by atoms with E-state index in [1.165, 1.54) is 11.1 Å². The average molecular weight is 206 g/mol. The predicted octanol–water partition coefficient (Wildman–Crippen LogP) is 4.21.